The summed E-state index contributed by atoms with van der Waals surface area (Å²) in [6, 6.07) is 9.30. The van der Waals surface area contributed by atoms with Gasteiger partial charge in [0.05, 0.1) is 5.56 Å². The largest absolute Gasteiger partial charge is 0.479 e. The number of rotatable bonds is 4. The first kappa shape index (κ1) is 23.2. The lowest BCUT2D eigenvalue weighted by Gasteiger charge is -2.18. The van der Waals surface area contributed by atoms with Gasteiger partial charge in [-0.1, -0.05) is 45.0 Å². The van der Waals surface area contributed by atoms with Gasteiger partial charge in [-0.15, -0.1) is 0 Å². The standard InChI is InChI=1S/C23H23F3N4O2/c1-13-5-6-14(12-27-20(31)22(2,3)4)11-17(13)19-28-18(29-21(32)30-19)15-7-9-16(10-8-15)23(24,25)26/h5-11H,12H2,1-4H3,(H,27,31)(H,28,29,30,32). The monoisotopic (exact) mass is 444 g/mol. The molecule has 6 nitrogen and oxygen atoms in total. The van der Waals surface area contributed by atoms with Gasteiger partial charge in [0.2, 0.25) is 5.91 Å². The Morgan fingerprint density at radius 3 is 2.19 bits per heavy atom. The quantitative estimate of drug-likeness (QED) is 0.598. The third kappa shape index (κ3) is 5.40. The number of amides is 1. The van der Waals surface area contributed by atoms with Crippen molar-refractivity contribution in [2.45, 2.75) is 40.4 Å². The van der Waals surface area contributed by atoms with Crippen LogP contribution in [-0.2, 0) is 17.5 Å². The zero-order valence-electron chi connectivity index (χ0n) is 18.1. The van der Waals surface area contributed by atoms with Crippen LogP contribution in [-0.4, -0.2) is 26.0 Å². The van der Waals surface area contributed by atoms with E-state index in [-0.39, 0.29) is 17.6 Å². The number of hydrogen-bond donors (Lipinski definition) is 2. The van der Waals surface area contributed by atoms with Crippen LogP contribution in [0.5, 0.6) is 6.01 Å². The van der Waals surface area contributed by atoms with Gasteiger partial charge < -0.3 is 10.4 Å². The van der Waals surface area contributed by atoms with Gasteiger partial charge in [-0.3, -0.25) is 4.79 Å². The van der Waals surface area contributed by atoms with E-state index in [4.69, 9.17) is 0 Å². The molecule has 0 aliphatic carbocycles. The van der Waals surface area contributed by atoms with Gasteiger partial charge in [0.25, 0.3) is 0 Å². The van der Waals surface area contributed by atoms with E-state index in [2.05, 4.69) is 20.3 Å². The number of hydrogen-bond acceptors (Lipinski definition) is 5. The van der Waals surface area contributed by atoms with Gasteiger partial charge in [0.1, 0.15) is 0 Å². The first-order valence-corrected chi connectivity index (χ1v) is 9.85. The Hall–Kier alpha value is -3.49. The van der Waals surface area contributed by atoms with E-state index in [0.29, 0.717) is 17.7 Å². The number of alkyl halides is 3. The molecule has 2 N–H and O–H groups in total. The Kier molecular flexibility index (Phi) is 6.20. The molecule has 1 aromatic heterocycles. The normalized spacial score (nSPS) is 12.0. The van der Waals surface area contributed by atoms with Gasteiger partial charge in [-0.05, 0) is 36.2 Å². The number of benzene rings is 2. The molecule has 32 heavy (non-hydrogen) atoms. The van der Waals surface area contributed by atoms with Gasteiger partial charge in [-0.2, -0.15) is 23.1 Å². The topological polar surface area (TPSA) is 88.0 Å². The van der Waals surface area contributed by atoms with E-state index in [1.807, 2.05) is 39.8 Å². The molecule has 0 aliphatic heterocycles. The van der Waals surface area contributed by atoms with Crippen molar-refractivity contribution < 1.29 is 23.1 Å². The maximum absolute atomic E-state index is 12.8. The van der Waals surface area contributed by atoms with E-state index in [0.717, 1.165) is 23.3 Å². The summed E-state index contributed by atoms with van der Waals surface area (Å²) in [7, 11) is 0. The molecule has 1 amide bonds. The Morgan fingerprint density at radius 1 is 0.969 bits per heavy atom. The summed E-state index contributed by atoms with van der Waals surface area (Å²) in [6.07, 6.45) is -4.45. The number of halogens is 3. The van der Waals surface area contributed by atoms with Crippen LogP contribution in [0.4, 0.5) is 13.2 Å². The smallest absolute Gasteiger partial charge is 0.416 e. The molecule has 0 aliphatic rings. The summed E-state index contributed by atoms with van der Waals surface area (Å²) in [6.45, 7) is 7.59. The van der Waals surface area contributed by atoms with Gasteiger partial charge in [0, 0.05) is 23.1 Å². The highest BCUT2D eigenvalue weighted by molar-refractivity contribution is 5.81. The van der Waals surface area contributed by atoms with Crippen LogP contribution in [0.1, 0.15) is 37.5 Å². The fraction of sp³-hybridized carbons (Fsp3) is 0.304. The molecule has 0 atom stereocenters. The minimum absolute atomic E-state index is 0.0482. The number of aryl methyl sites for hydroxylation is 1. The Morgan fingerprint density at radius 2 is 1.59 bits per heavy atom. The van der Waals surface area contributed by atoms with Crippen LogP contribution >= 0.6 is 0 Å². The van der Waals surface area contributed by atoms with Crippen LogP contribution in [0.2, 0.25) is 0 Å². The van der Waals surface area contributed by atoms with Crippen LogP contribution in [0.15, 0.2) is 42.5 Å². The molecular weight excluding hydrogens is 421 g/mol. The van der Waals surface area contributed by atoms with Crippen molar-refractivity contribution >= 4 is 5.91 Å². The molecule has 0 spiro atoms. The zero-order valence-corrected chi connectivity index (χ0v) is 18.1. The average molecular weight is 444 g/mol. The molecule has 0 fully saturated rings. The third-order valence-electron chi connectivity index (χ3n) is 4.77. The number of carbonyl (C=O) groups is 1. The second-order valence-electron chi connectivity index (χ2n) is 8.44. The highest BCUT2D eigenvalue weighted by Gasteiger charge is 2.30. The minimum atomic E-state index is -4.45. The fourth-order valence-corrected chi connectivity index (χ4v) is 2.89. The highest BCUT2D eigenvalue weighted by atomic mass is 19.4. The fourth-order valence-electron chi connectivity index (χ4n) is 2.89. The van der Waals surface area contributed by atoms with E-state index in [9.17, 15) is 23.1 Å². The van der Waals surface area contributed by atoms with Gasteiger partial charge in [0.15, 0.2) is 11.6 Å². The van der Waals surface area contributed by atoms with Crippen molar-refractivity contribution in [2.24, 2.45) is 5.41 Å². The minimum Gasteiger partial charge on any atom is -0.479 e. The SMILES string of the molecule is Cc1ccc(CNC(=O)C(C)(C)C)cc1-c1nc(O)nc(-c2ccc(C(F)(F)F)cc2)n1. The zero-order chi connectivity index (χ0) is 23.7. The van der Waals surface area contributed by atoms with Crippen LogP contribution in [0.3, 0.4) is 0 Å². The second kappa shape index (κ2) is 8.57. The van der Waals surface area contributed by atoms with Crippen molar-refractivity contribution in [3.05, 3.63) is 59.2 Å². The third-order valence-corrected chi connectivity index (χ3v) is 4.77. The predicted molar refractivity (Wildman–Crippen MR) is 113 cm³/mol. The van der Waals surface area contributed by atoms with Gasteiger partial charge in [-0.25, -0.2) is 4.98 Å². The molecular formula is C23H23F3N4O2. The molecule has 9 heteroatoms. The lowest BCUT2D eigenvalue weighted by Crippen LogP contribution is -2.34. The van der Waals surface area contributed by atoms with Crippen molar-refractivity contribution in [1.29, 1.82) is 0 Å². The maximum atomic E-state index is 12.8. The first-order chi connectivity index (χ1) is 14.8. The number of carbonyl (C=O) groups excluding carboxylic acids is 1. The molecule has 0 saturated carbocycles. The van der Waals surface area contributed by atoms with Crippen molar-refractivity contribution in [1.82, 2.24) is 20.3 Å². The van der Waals surface area contributed by atoms with Crippen LogP contribution in [0, 0.1) is 12.3 Å². The summed E-state index contributed by atoms with van der Waals surface area (Å²) in [4.78, 5) is 24.3. The highest BCUT2D eigenvalue weighted by Crippen LogP contribution is 2.31. The molecule has 0 radical (unpaired) electrons. The molecule has 3 rings (SSSR count). The average Bonchev–Trinajstić information content (AvgIpc) is 2.71. The van der Waals surface area contributed by atoms with Crippen molar-refractivity contribution in [2.75, 3.05) is 0 Å². The summed E-state index contributed by atoms with van der Waals surface area (Å²) in [5, 5.41) is 12.9. The summed E-state index contributed by atoms with van der Waals surface area (Å²) >= 11 is 0. The van der Waals surface area contributed by atoms with Gasteiger partial charge >= 0.3 is 12.2 Å². The first-order valence-electron chi connectivity index (χ1n) is 9.85. The van der Waals surface area contributed by atoms with E-state index >= 15 is 0 Å². The Labute approximate surface area is 183 Å². The summed E-state index contributed by atoms with van der Waals surface area (Å²) in [5.41, 5.74) is 1.23. The number of nitrogens with one attached hydrogen (secondary N) is 1. The lowest BCUT2D eigenvalue weighted by atomic mass is 9.95. The van der Waals surface area contributed by atoms with Crippen molar-refractivity contribution in [3.63, 3.8) is 0 Å². The molecule has 0 bridgehead atoms. The Balaban J connectivity index is 1.93. The van der Waals surface area contributed by atoms with Crippen LogP contribution in [0.25, 0.3) is 22.8 Å². The van der Waals surface area contributed by atoms with E-state index < -0.39 is 23.2 Å². The van der Waals surface area contributed by atoms with Crippen molar-refractivity contribution in [3.8, 4) is 28.8 Å². The van der Waals surface area contributed by atoms with Crippen LogP contribution < -0.4 is 5.32 Å². The number of aromatic nitrogens is 3. The summed E-state index contributed by atoms with van der Waals surface area (Å²) < 4.78 is 38.5. The predicted octanol–water partition coefficient (Wildman–Crippen LogP) is 4.90. The molecule has 3 aromatic rings. The number of aromatic hydroxyl groups is 1. The second-order valence-corrected chi connectivity index (χ2v) is 8.44. The lowest BCUT2D eigenvalue weighted by molar-refractivity contribution is -0.137. The molecule has 0 unspecified atom stereocenters. The molecule has 0 saturated heterocycles. The van der Waals surface area contributed by atoms with E-state index in [1.54, 1.807) is 6.07 Å². The molecule has 168 valence electrons. The van der Waals surface area contributed by atoms with E-state index in [1.165, 1.54) is 12.1 Å². The maximum Gasteiger partial charge on any atom is 0.416 e. The molecule has 2 aromatic carbocycles. The molecule has 1 heterocycles. The number of nitrogens with zero attached hydrogens (tertiary/aromatic N) is 3. The Bertz CT molecular complexity index is 1140. The summed E-state index contributed by atoms with van der Waals surface area (Å²) in [5.74, 6) is 0.128.